The van der Waals surface area contributed by atoms with Gasteiger partial charge >= 0.3 is 17.9 Å². The van der Waals surface area contributed by atoms with Crippen molar-refractivity contribution in [3.05, 3.63) is 96.2 Å². The number of fused-ring (bicyclic) bond motifs is 2. The lowest BCUT2D eigenvalue weighted by Crippen LogP contribution is -2.46. The Morgan fingerprint density at radius 2 is 1.72 bits per heavy atom. The number of carbonyl (C=O) groups excluding carboxylic acids is 1. The first-order valence-corrected chi connectivity index (χ1v) is 18.9. The van der Waals surface area contributed by atoms with E-state index in [0.717, 1.165) is 46.1 Å². The molecule has 0 bridgehead atoms. The zero-order valence-electron chi connectivity index (χ0n) is 31.0. The Balaban J connectivity index is 1.13. The van der Waals surface area contributed by atoms with Crippen LogP contribution in [0, 0.1) is 0 Å². The number of rotatable bonds is 8. The first-order chi connectivity index (χ1) is 27.1. The summed E-state index contributed by atoms with van der Waals surface area (Å²) < 4.78 is 49.7. The molecular formula is C39H37Cl2F3N8O5. The van der Waals surface area contributed by atoms with Crippen molar-refractivity contribution in [1.29, 1.82) is 0 Å². The minimum atomic E-state index is -4.88. The second-order valence-corrected chi connectivity index (χ2v) is 15.4. The number of methoxy groups -OCH3 is 1. The SMILES string of the molecule is COc1nc(-c2cccc(-c3cccc(Nc4nc(C(F)(F)F)cc5c4c(=O)n(C)c(=O)n5C)c3Cl)c2Cl)cc2c1C(N1CCC3(CN(CCO)C(=O)N3)C1)CC2. The van der Waals surface area contributed by atoms with Gasteiger partial charge in [0, 0.05) is 68.6 Å². The number of β-amino-alcohol motifs (C(OH)–C–C–N with tert-alkyl or cyclic N) is 1. The quantitative estimate of drug-likeness (QED) is 0.175. The van der Waals surface area contributed by atoms with E-state index in [0.29, 0.717) is 59.0 Å². The number of halogens is 5. The van der Waals surface area contributed by atoms with Crippen LogP contribution in [0.3, 0.4) is 0 Å². The number of hydrogen-bond donors (Lipinski definition) is 3. The molecule has 2 aliphatic heterocycles. The van der Waals surface area contributed by atoms with Crippen molar-refractivity contribution >= 4 is 51.6 Å². The molecule has 2 fully saturated rings. The molecule has 3 aromatic heterocycles. The van der Waals surface area contributed by atoms with Crippen LogP contribution in [0.15, 0.2) is 58.1 Å². The van der Waals surface area contributed by atoms with Crippen LogP contribution in [0.5, 0.6) is 5.88 Å². The number of carbonyl (C=O) groups is 1. The van der Waals surface area contributed by atoms with Crippen LogP contribution >= 0.6 is 23.2 Å². The summed E-state index contributed by atoms with van der Waals surface area (Å²) in [7, 11) is 4.08. The number of aryl methyl sites for hydroxylation is 2. The Labute approximate surface area is 333 Å². The van der Waals surface area contributed by atoms with E-state index in [9.17, 15) is 32.7 Å². The number of urea groups is 1. The monoisotopic (exact) mass is 824 g/mol. The Morgan fingerprint density at radius 1 is 1.00 bits per heavy atom. The largest absolute Gasteiger partial charge is 0.481 e. The van der Waals surface area contributed by atoms with Gasteiger partial charge in [-0.1, -0.05) is 53.5 Å². The van der Waals surface area contributed by atoms with Gasteiger partial charge in [0.2, 0.25) is 5.88 Å². The number of aromatic nitrogens is 4. The molecule has 5 aromatic rings. The Bertz CT molecular complexity index is 2600. The number of benzene rings is 2. The standard InChI is InChI=1S/C39H37Cl2F3N8O5/c1-49-27-17-28(39(42,43)44)47-33(30(27)35(54)50(2)37(49)56)45-24-9-5-7-22(32(24)41)21-6-4-8-23(31(21)40)25-16-20-10-11-26(29(20)34(46-25)57-3)51-13-12-38(18-51)19-52(14-15-53)36(55)48-38/h4-9,16-17,26,53H,10-15,18-19H2,1-3H3,(H,45,47)(H,48,55). The average molecular weight is 826 g/mol. The Hall–Kier alpha value is -5.16. The van der Waals surface area contributed by atoms with Crippen molar-refractivity contribution < 1.29 is 27.8 Å². The van der Waals surface area contributed by atoms with Crippen LogP contribution < -0.4 is 26.6 Å². The lowest BCUT2D eigenvalue weighted by molar-refractivity contribution is -0.141. The number of amides is 2. The van der Waals surface area contributed by atoms with Gasteiger partial charge in [-0.2, -0.15) is 13.2 Å². The van der Waals surface area contributed by atoms with Gasteiger partial charge < -0.3 is 25.4 Å². The normalized spacial score (nSPS) is 19.5. The fraction of sp³-hybridized carbons (Fsp3) is 0.359. The topological polar surface area (TPSA) is 147 Å². The third-order valence-electron chi connectivity index (χ3n) is 11.2. The molecule has 3 aliphatic rings. The highest BCUT2D eigenvalue weighted by atomic mass is 35.5. The second kappa shape index (κ2) is 14.3. The lowest BCUT2D eigenvalue weighted by atomic mass is 9.99. The number of ether oxygens (including phenoxy) is 1. The number of hydrogen-bond acceptors (Lipinski definition) is 9. The number of nitrogens with zero attached hydrogens (tertiary/aromatic N) is 6. The molecule has 298 valence electrons. The lowest BCUT2D eigenvalue weighted by Gasteiger charge is -2.28. The van der Waals surface area contributed by atoms with Gasteiger partial charge in [-0.05, 0) is 43.0 Å². The van der Waals surface area contributed by atoms with Crippen LogP contribution in [0.2, 0.25) is 10.0 Å². The van der Waals surface area contributed by atoms with Gasteiger partial charge in [-0.3, -0.25) is 18.8 Å². The molecule has 1 spiro atoms. The highest BCUT2D eigenvalue weighted by molar-refractivity contribution is 6.39. The summed E-state index contributed by atoms with van der Waals surface area (Å²) in [6.07, 6.45) is -2.49. The molecular weight excluding hydrogens is 788 g/mol. The number of aliphatic hydroxyl groups is 1. The zero-order chi connectivity index (χ0) is 40.6. The number of anilines is 2. The zero-order valence-corrected chi connectivity index (χ0v) is 32.5. The maximum atomic E-state index is 14.0. The van der Waals surface area contributed by atoms with Crippen LogP contribution in [0.4, 0.5) is 29.5 Å². The molecule has 2 amide bonds. The van der Waals surface area contributed by atoms with Crippen molar-refractivity contribution in [3.8, 4) is 28.3 Å². The van der Waals surface area contributed by atoms with Crippen molar-refractivity contribution in [1.82, 2.24) is 34.2 Å². The number of likely N-dealkylation sites (tertiary alicyclic amines) is 1. The average Bonchev–Trinajstić information content (AvgIpc) is 3.88. The maximum absolute atomic E-state index is 14.0. The molecule has 8 rings (SSSR count). The van der Waals surface area contributed by atoms with Crippen molar-refractivity contribution in [2.24, 2.45) is 14.1 Å². The first-order valence-electron chi connectivity index (χ1n) is 18.2. The molecule has 2 atom stereocenters. The van der Waals surface area contributed by atoms with Gasteiger partial charge in [-0.15, -0.1) is 0 Å². The smallest absolute Gasteiger partial charge is 0.433 e. The van der Waals surface area contributed by atoms with E-state index in [1.165, 1.54) is 20.2 Å². The predicted octanol–water partition coefficient (Wildman–Crippen LogP) is 5.89. The first kappa shape index (κ1) is 38.7. The second-order valence-electron chi connectivity index (χ2n) is 14.6. The molecule has 18 heteroatoms. The van der Waals surface area contributed by atoms with E-state index in [2.05, 4.69) is 20.5 Å². The van der Waals surface area contributed by atoms with Crippen molar-refractivity contribution in [2.45, 2.75) is 37.0 Å². The van der Waals surface area contributed by atoms with Crippen LogP contribution in [0.1, 0.15) is 35.7 Å². The molecule has 3 N–H and O–H groups in total. The van der Waals surface area contributed by atoms with Crippen molar-refractivity contribution in [3.63, 3.8) is 0 Å². The molecule has 5 heterocycles. The minimum absolute atomic E-state index is 0.0315. The summed E-state index contributed by atoms with van der Waals surface area (Å²) in [5.41, 5.74) is 0.764. The van der Waals surface area contributed by atoms with Gasteiger partial charge in [0.25, 0.3) is 5.56 Å². The summed E-state index contributed by atoms with van der Waals surface area (Å²) in [4.78, 5) is 51.2. The van der Waals surface area contributed by atoms with Gasteiger partial charge in [-0.25, -0.2) is 19.6 Å². The molecule has 13 nitrogen and oxygen atoms in total. The highest BCUT2D eigenvalue weighted by Crippen LogP contribution is 2.47. The van der Waals surface area contributed by atoms with E-state index in [-0.39, 0.29) is 45.8 Å². The van der Waals surface area contributed by atoms with E-state index in [1.54, 1.807) is 36.3 Å². The Morgan fingerprint density at radius 3 is 2.44 bits per heavy atom. The third kappa shape index (κ3) is 6.57. The number of aliphatic hydroxyl groups excluding tert-OH is 1. The molecule has 2 unspecified atom stereocenters. The maximum Gasteiger partial charge on any atom is 0.433 e. The summed E-state index contributed by atoms with van der Waals surface area (Å²) in [5, 5.41) is 15.6. The van der Waals surface area contributed by atoms with Gasteiger partial charge in [0.1, 0.15) is 16.9 Å². The number of pyridine rings is 2. The van der Waals surface area contributed by atoms with E-state index < -0.39 is 28.9 Å². The third-order valence-corrected chi connectivity index (χ3v) is 12.0. The summed E-state index contributed by atoms with van der Waals surface area (Å²) in [6.45, 7) is 2.18. The van der Waals surface area contributed by atoms with Crippen LogP contribution in [0.25, 0.3) is 33.3 Å². The van der Waals surface area contributed by atoms with E-state index >= 15 is 0 Å². The Kier molecular flexibility index (Phi) is 9.74. The van der Waals surface area contributed by atoms with E-state index in [1.807, 2.05) is 12.1 Å². The molecule has 57 heavy (non-hydrogen) atoms. The molecule has 2 aromatic carbocycles. The molecule has 2 saturated heterocycles. The summed E-state index contributed by atoms with van der Waals surface area (Å²) in [6, 6.07) is 12.8. The fourth-order valence-electron chi connectivity index (χ4n) is 8.45. The fourth-order valence-corrected chi connectivity index (χ4v) is 9.05. The summed E-state index contributed by atoms with van der Waals surface area (Å²) in [5.74, 6) is 0.0434. The van der Waals surface area contributed by atoms with Crippen molar-refractivity contribution in [2.75, 3.05) is 45.2 Å². The number of alkyl halides is 3. The molecule has 1 aliphatic carbocycles. The van der Waals surface area contributed by atoms with Crippen LogP contribution in [-0.4, -0.2) is 85.5 Å². The predicted molar refractivity (Wildman–Crippen MR) is 209 cm³/mol. The van der Waals surface area contributed by atoms with Gasteiger partial charge in [0.15, 0.2) is 0 Å². The van der Waals surface area contributed by atoms with Crippen LogP contribution in [-0.2, 0) is 26.7 Å². The molecule has 0 radical (unpaired) electrons. The highest BCUT2D eigenvalue weighted by Gasteiger charge is 2.49. The summed E-state index contributed by atoms with van der Waals surface area (Å²) >= 11 is 14.1. The number of nitrogens with one attached hydrogen (secondary N) is 2. The van der Waals surface area contributed by atoms with E-state index in [4.69, 9.17) is 32.9 Å². The molecule has 0 saturated carbocycles. The minimum Gasteiger partial charge on any atom is -0.481 e. The van der Waals surface area contributed by atoms with Gasteiger partial charge in [0.05, 0.1) is 46.2 Å².